The van der Waals surface area contributed by atoms with E-state index in [0.29, 0.717) is 12.8 Å². The second-order valence-electron chi connectivity index (χ2n) is 5.79. The van der Waals surface area contributed by atoms with Gasteiger partial charge in [0.2, 0.25) is 11.8 Å². The summed E-state index contributed by atoms with van der Waals surface area (Å²) in [6, 6.07) is 5.37. The van der Waals surface area contributed by atoms with E-state index in [1.165, 1.54) is 6.33 Å². The van der Waals surface area contributed by atoms with Crippen molar-refractivity contribution in [3.8, 4) is 5.75 Å². The maximum Gasteiger partial charge on any atom is 0.300 e. The number of rotatable bonds is 4. The molecule has 2 heterocycles. The first-order valence-corrected chi connectivity index (χ1v) is 7.90. The normalized spacial score (nSPS) is 19.0. The third-order valence-corrected chi connectivity index (χ3v) is 3.62. The summed E-state index contributed by atoms with van der Waals surface area (Å²) < 4.78 is 0. The van der Waals surface area contributed by atoms with E-state index in [9.17, 15) is 14.7 Å². The number of phenols is 1. The highest BCUT2D eigenvalue weighted by Crippen LogP contribution is 2.13. The number of aromatic nitrogens is 2. The van der Waals surface area contributed by atoms with Crippen molar-refractivity contribution in [3.63, 3.8) is 0 Å². The van der Waals surface area contributed by atoms with Gasteiger partial charge in [-0.05, 0) is 17.7 Å². The number of hydrogen-bond acceptors (Lipinski definition) is 5. The predicted molar refractivity (Wildman–Crippen MR) is 91.3 cm³/mol. The van der Waals surface area contributed by atoms with Crippen LogP contribution in [0, 0.1) is 0 Å². The largest absolute Gasteiger partial charge is 0.508 e. The van der Waals surface area contributed by atoms with Crippen LogP contribution in [0.5, 0.6) is 5.75 Å². The van der Waals surface area contributed by atoms with Crippen molar-refractivity contribution in [1.29, 1.82) is 0 Å². The van der Waals surface area contributed by atoms with Crippen molar-refractivity contribution in [3.05, 3.63) is 48.0 Å². The maximum atomic E-state index is 12.1. The zero-order valence-electron chi connectivity index (χ0n) is 14.1. The molecule has 5 N–H and O–H groups in total. The van der Waals surface area contributed by atoms with E-state index in [1.807, 2.05) is 0 Å². The monoisotopic (exact) mass is 360 g/mol. The number of H-pyrrole nitrogens is 1. The second kappa shape index (κ2) is 8.65. The minimum atomic E-state index is -0.833. The van der Waals surface area contributed by atoms with Gasteiger partial charge in [0, 0.05) is 31.7 Å². The summed E-state index contributed by atoms with van der Waals surface area (Å²) in [5, 5.41) is 22.2. The molecular weight excluding hydrogens is 340 g/mol. The van der Waals surface area contributed by atoms with Gasteiger partial charge in [-0.25, -0.2) is 4.98 Å². The first kappa shape index (κ1) is 19.0. The summed E-state index contributed by atoms with van der Waals surface area (Å²) in [6.07, 6.45) is 3.92. The van der Waals surface area contributed by atoms with Crippen LogP contribution in [0.25, 0.3) is 0 Å². The zero-order chi connectivity index (χ0) is 19.1. The Labute approximate surface area is 149 Å². The number of carboxylic acid groups (broad SMARTS) is 1. The molecule has 0 unspecified atom stereocenters. The Morgan fingerprint density at radius 1 is 1.08 bits per heavy atom. The Hall–Kier alpha value is -3.36. The smallest absolute Gasteiger partial charge is 0.300 e. The molecule has 3 rings (SSSR count). The van der Waals surface area contributed by atoms with Crippen LogP contribution in [0.3, 0.4) is 0 Å². The van der Waals surface area contributed by atoms with Crippen molar-refractivity contribution in [2.45, 2.75) is 31.8 Å². The molecule has 9 nitrogen and oxygen atoms in total. The summed E-state index contributed by atoms with van der Waals surface area (Å²) in [6.45, 7) is 1.08. The first-order valence-electron chi connectivity index (χ1n) is 7.90. The van der Waals surface area contributed by atoms with Crippen LogP contribution >= 0.6 is 0 Å². The number of aromatic amines is 1. The van der Waals surface area contributed by atoms with Crippen LogP contribution in [0.4, 0.5) is 0 Å². The van der Waals surface area contributed by atoms with Crippen molar-refractivity contribution in [2.24, 2.45) is 0 Å². The maximum absolute atomic E-state index is 12.1. The molecule has 138 valence electrons. The van der Waals surface area contributed by atoms with Crippen LogP contribution in [0.1, 0.15) is 18.2 Å². The Kier molecular flexibility index (Phi) is 6.31. The highest BCUT2D eigenvalue weighted by atomic mass is 16.4. The fraction of sp³-hybridized carbons (Fsp3) is 0.294. The molecule has 9 heteroatoms. The van der Waals surface area contributed by atoms with Gasteiger partial charge in [-0.3, -0.25) is 14.4 Å². The number of carboxylic acids is 1. The van der Waals surface area contributed by atoms with E-state index in [1.54, 1.807) is 30.5 Å². The number of carbonyl (C=O) groups excluding carboxylic acids is 2. The number of hydrogen-bond donors (Lipinski definition) is 5. The number of piperazine rings is 1. The Balaban J connectivity index is 0.000000552. The number of benzene rings is 1. The summed E-state index contributed by atoms with van der Waals surface area (Å²) in [7, 11) is 0. The molecule has 2 amide bonds. The van der Waals surface area contributed by atoms with Crippen LogP contribution < -0.4 is 10.6 Å². The van der Waals surface area contributed by atoms with Crippen LogP contribution in [-0.2, 0) is 27.2 Å². The number of amides is 2. The van der Waals surface area contributed by atoms with Crippen LogP contribution in [-0.4, -0.2) is 50.0 Å². The van der Waals surface area contributed by atoms with E-state index in [-0.39, 0.29) is 17.6 Å². The second-order valence-corrected chi connectivity index (χ2v) is 5.79. The molecule has 1 aliphatic heterocycles. The summed E-state index contributed by atoms with van der Waals surface area (Å²) in [5.74, 6) is -1.09. The number of nitrogens with zero attached hydrogens (tertiary/aromatic N) is 1. The van der Waals surface area contributed by atoms with Crippen molar-refractivity contribution >= 4 is 17.8 Å². The number of aromatic hydroxyl groups is 1. The van der Waals surface area contributed by atoms with Gasteiger partial charge in [-0.15, -0.1) is 0 Å². The van der Waals surface area contributed by atoms with E-state index in [0.717, 1.165) is 18.2 Å². The van der Waals surface area contributed by atoms with Gasteiger partial charge in [0.25, 0.3) is 5.97 Å². The molecule has 2 atom stereocenters. The summed E-state index contributed by atoms with van der Waals surface area (Å²) in [4.78, 5) is 40.1. The van der Waals surface area contributed by atoms with Gasteiger partial charge in [0.15, 0.2) is 0 Å². The van der Waals surface area contributed by atoms with Crippen LogP contribution in [0.2, 0.25) is 0 Å². The lowest BCUT2D eigenvalue weighted by Gasteiger charge is -2.29. The molecule has 0 saturated carbocycles. The molecule has 1 aromatic carbocycles. The third-order valence-electron chi connectivity index (χ3n) is 3.62. The van der Waals surface area contributed by atoms with Crippen molar-refractivity contribution in [1.82, 2.24) is 20.6 Å². The van der Waals surface area contributed by atoms with Crippen molar-refractivity contribution < 1.29 is 24.6 Å². The molecule has 0 aliphatic carbocycles. The Morgan fingerprint density at radius 3 is 2.12 bits per heavy atom. The minimum absolute atomic E-state index is 0.167. The molecular formula is C17H20N4O5. The molecule has 26 heavy (non-hydrogen) atoms. The van der Waals surface area contributed by atoms with Gasteiger partial charge >= 0.3 is 0 Å². The summed E-state index contributed by atoms with van der Waals surface area (Å²) in [5.41, 5.74) is 1.66. The van der Waals surface area contributed by atoms with Crippen LogP contribution in [0.15, 0.2) is 36.8 Å². The molecule has 2 aromatic rings. The van der Waals surface area contributed by atoms with E-state index in [2.05, 4.69) is 20.6 Å². The molecule has 1 aliphatic rings. The Bertz CT molecular complexity index is 754. The lowest BCUT2D eigenvalue weighted by atomic mass is 10.0. The first-order chi connectivity index (χ1) is 12.3. The fourth-order valence-electron chi connectivity index (χ4n) is 2.45. The standard InChI is InChI=1S/C15H16N4O3.C2H4O2/c20-11-3-1-9(2-4-11)5-12-14(21)19-13(15(22)18-12)6-10-7-16-8-17-10;1-2(3)4/h1-4,7-8,12-13,20H,5-6H2,(H,16,17)(H,18,22)(H,19,21);1H3,(H,3,4)/t12-,13+;/m1./s1. The number of phenolic OH excluding ortho intramolecular Hbond substituents is 1. The van der Waals surface area contributed by atoms with E-state index < -0.39 is 18.1 Å². The van der Waals surface area contributed by atoms with Gasteiger partial charge in [-0.1, -0.05) is 12.1 Å². The predicted octanol–water partition coefficient (Wildman–Crippen LogP) is -0.0254. The quantitative estimate of drug-likeness (QED) is 0.518. The summed E-state index contributed by atoms with van der Waals surface area (Å²) >= 11 is 0. The van der Waals surface area contributed by atoms with E-state index >= 15 is 0 Å². The number of nitrogens with one attached hydrogen (secondary N) is 3. The average Bonchev–Trinajstić information content (AvgIpc) is 3.07. The van der Waals surface area contributed by atoms with E-state index in [4.69, 9.17) is 9.90 Å². The van der Waals surface area contributed by atoms with Gasteiger partial charge in [0.05, 0.1) is 6.33 Å². The van der Waals surface area contributed by atoms with Gasteiger partial charge in [0.1, 0.15) is 17.8 Å². The lowest BCUT2D eigenvalue weighted by molar-refractivity contribution is -0.136. The SMILES string of the molecule is CC(=O)O.O=C1N[C@H](Cc2ccc(O)cc2)C(=O)N[C@H]1Cc1cnc[nH]1. The molecule has 1 fully saturated rings. The molecule has 1 saturated heterocycles. The highest BCUT2D eigenvalue weighted by molar-refractivity contribution is 5.97. The molecule has 0 radical (unpaired) electrons. The third kappa shape index (κ3) is 5.62. The number of aliphatic carboxylic acids is 1. The topological polar surface area (TPSA) is 144 Å². The molecule has 0 bridgehead atoms. The molecule has 1 aromatic heterocycles. The fourth-order valence-corrected chi connectivity index (χ4v) is 2.45. The Morgan fingerprint density at radius 2 is 1.62 bits per heavy atom. The average molecular weight is 360 g/mol. The zero-order valence-corrected chi connectivity index (χ0v) is 14.1. The number of carbonyl (C=O) groups is 3. The molecule has 0 spiro atoms. The minimum Gasteiger partial charge on any atom is -0.508 e. The number of imidazole rings is 1. The van der Waals surface area contributed by atoms with Gasteiger partial charge in [-0.2, -0.15) is 0 Å². The van der Waals surface area contributed by atoms with Gasteiger partial charge < -0.3 is 25.8 Å². The lowest BCUT2D eigenvalue weighted by Crippen LogP contribution is -2.62. The van der Waals surface area contributed by atoms with Crippen molar-refractivity contribution in [2.75, 3.05) is 0 Å². The highest BCUT2D eigenvalue weighted by Gasteiger charge is 2.33.